The van der Waals surface area contributed by atoms with Gasteiger partial charge >= 0.3 is 6.09 Å². The summed E-state index contributed by atoms with van der Waals surface area (Å²) in [6.45, 7) is 10.2. The highest BCUT2D eigenvalue weighted by molar-refractivity contribution is 6.02. The molecule has 32 heavy (non-hydrogen) atoms. The Balaban J connectivity index is 1.89. The second kappa shape index (κ2) is 8.87. The number of benzene rings is 3. The zero-order chi connectivity index (χ0) is 22.8. The molecule has 1 heterocycles. The molecule has 0 bridgehead atoms. The Morgan fingerprint density at radius 2 is 1.75 bits per heavy atom. The van der Waals surface area contributed by atoms with Crippen molar-refractivity contribution in [2.45, 2.75) is 40.7 Å². The summed E-state index contributed by atoms with van der Waals surface area (Å²) in [4.78, 5) is 19.3. The van der Waals surface area contributed by atoms with Gasteiger partial charge in [-0.25, -0.2) is 9.78 Å². The highest BCUT2D eigenvalue weighted by atomic mass is 16.6. The van der Waals surface area contributed by atoms with Crippen molar-refractivity contribution < 1.29 is 9.53 Å². The molecule has 1 N–H and O–H groups in total. The summed E-state index contributed by atoms with van der Waals surface area (Å²) < 4.78 is 5.63. The number of para-hydroxylation sites is 1. The molecule has 1 aromatic heterocycles. The van der Waals surface area contributed by atoms with Gasteiger partial charge in [0.25, 0.3) is 0 Å². The number of aromatic nitrogens is 1. The molecule has 5 nitrogen and oxygen atoms in total. The number of pyridine rings is 1. The third-order valence-corrected chi connectivity index (χ3v) is 5.63. The van der Waals surface area contributed by atoms with Crippen LogP contribution in [0, 0.1) is 20.8 Å². The number of ether oxygens (including phenoxy) is 1. The van der Waals surface area contributed by atoms with Crippen LogP contribution >= 0.6 is 0 Å². The number of anilines is 2. The van der Waals surface area contributed by atoms with E-state index in [-0.39, 0.29) is 12.8 Å². The lowest BCUT2D eigenvalue weighted by Crippen LogP contribution is -2.34. The molecule has 0 saturated heterocycles. The summed E-state index contributed by atoms with van der Waals surface area (Å²) in [5.74, 6) is 0. The van der Waals surface area contributed by atoms with Crippen LogP contribution in [0.2, 0.25) is 0 Å². The van der Waals surface area contributed by atoms with Crippen LogP contribution < -0.4 is 10.2 Å². The summed E-state index contributed by atoms with van der Waals surface area (Å²) in [7, 11) is 0. The number of hydrogen-bond acceptors (Lipinski definition) is 4. The molecular weight excluding hydrogens is 398 g/mol. The SMILES string of the molecule is Cc1ccc2cc3c(N(COC(=O)NC(C)C)c4ccccc4)c(C)c(C)cc3nc2c1. The number of nitrogens with one attached hydrogen (secondary N) is 1. The van der Waals surface area contributed by atoms with E-state index in [4.69, 9.17) is 9.72 Å². The molecule has 0 aliphatic rings. The van der Waals surface area contributed by atoms with Gasteiger partial charge in [-0.15, -0.1) is 0 Å². The maximum absolute atomic E-state index is 12.3. The lowest BCUT2D eigenvalue weighted by molar-refractivity contribution is 0.146. The van der Waals surface area contributed by atoms with Crippen LogP contribution in [-0.4, -0.2) is 23.8 Å². The van der Waals surface area contributed by atoms with E-state index in [1.54, 1.807) is 0 Å². The first kappa shape index (κ1) is 21.6. The molecular formula is C27H29N3O2. The number of amides is 1. The van der Waals surface area contributed by atoms with Gasteiger partial charge in [0.1, 0.15) is 0 Å². The number of hydrogen-bond donors (Lipinski definition) is 1. The Kier molecular flexibility index (Phi) is 5.99. The lowest BCUT2D eigenvalue weighted by atomic mass is 9.99. The van der Waals surface area contributed by atoms with Crippen LogP contribution in [0.4, 0.5) is 16.2 Å². The molecule has 4 rings (SSSR count). The highest BCUT2D eigenvalue weighted by Gasteiger charge is 2.20. The van der Waals surface area contributed by atoms with E-state index >= 15 is 0 Å². The fourth-order valence-corrected chi connectivity index (χ4v) is 3.92. The van der Waals surface area contributed by atoms with Gasteiger partial charge in [0, 0.05) is 22.5 Å². The third kappa shape index (κ3) is 4.37. The van der Waals surface area contributed by atoms with Gasteiger partial charge in [-0.3, -0.25) is 0 Å². The van der Waals surface area contributed by atoms with Crippen molar-refractivity contribution in [1.82, 2.24) is 10.3 Å². The van der Waals surface area contributed by atoms with E-state index in [1.807, 2.05) is 49.1 Å². The fraction of sp³-hybridized carbons (Fsp3) is 0.259. The van der Waals surface area contributed by atoms with Crippen LogP contribution in [-0.2, 0) is 4.74 Å². The molecule has 0 spiro atoms. The van der Waals surface area contributed by atoms with Crippen molar-refractivity contribution in [2.24, 2.45) is 0 Å². The van der Waals surface area contributed by atoms with E-state index < -0.39 is 6.09 Å². The normalized spacial score (nSPS) is 11.2. The number of rotatable bonds is 5. The summed E-state index contributed by atoms with van der Waals surface area (Å²) in [5.41, 5.74) is 7.30. The largest absolute Gasteiger partial charge is 0.428 e. The van der Waals surface area contributed by atoms with Crippen LogP contribution in [0.25, 0.3) is 21.8 Å². The number of aryl methyl sites for hydroxylation is 2. The zero-order valence-electron chi connectivity index (χ0n) is 19.3. The highest BCUT2D eigenvalue weighted by Crippen LogP contribution is 2.38. The molecule has 0 atom stereocenters. The first-order valence-corrected chi connectivity index (χ1v) is 10.9. The van der Waals surface area contributed by atoms with E-state index in [2.05, 4.69) is 56.4 Å². The summed E-state index contributed by atoms with van der Waals surface area (Å²) in [6, 6.07) is 20.6. The molecule has 1 amide bonds. The molecule has 5 heteroatoms. The van der Waals surface area contributed by atoms with Crippen molar-refractivity contribution in [3.63, 3.8) is 0 Å². The standard InChI is InChI=1S/C27H29N3O2/c1-17(2)28-27(31)32-16-30(22-9-7-6-8-10-22)26-20(5)19(4)14-25-23(26)15-21-12-11-18(3)13-24(21)29-25/h6-15,17H,16H2,1-5H3,(H,28,31). The predicted molar refractivity (Wildman–Crippen MR) is 132 cm³/mol. The minimum Gasteiger partial charge on any atom is -0.428 e. The summed E-state index contributed by atoms with van der Waals surface area (Å²) >= 11 is 0. The quantitative estimate of drug-likeness (QED) is 0.290. The zero-order valence-corrected chi connectivity index (χ0v) is 19.3. The maximum Gasteiger partial charge on any atom is 0.409 e. The molecule has 4 aromatic rings. The van der Waals surface area contributed by atoms with Gasteiger partial charge in [0.2, 0.25) is 0 Å². The smallest absolute Gasteiger partial charge is 0.409 e. The number of carbonyl (C=O) groups is 1. The van der Waals surface area contributed by atoms with Crippen molar-refractivity contribution in [3.05, 3.63) is 77.4 Å². The van der Waals surface area contributed by atoms with Gasteiger partial charge in [-0.2, -0.15) is 0 Å². The van der Waals surface area contributed by atoms with Crippen molar-refractivity contribution in [1.29, 1.82) is 0 Å². The molecule has 0 fully saturated rings. The second-order valence-corrected chi connectivity index (χ2v) is 8.54. The van der Waals surface area contributed by atoms with Crippen LogP contribution in [0.1, 0.15) is 30.5 Å². The topological polar surface area (TPSA) is 54.5 Å². The minimum atomic E-state index is -0.436. The van der Waals surface area contributed by atoms with Gasteiger partial charge in [0.15, 0.2) is 6.73 Å². The Hall–Kier alpha value is -3.60. The summed E-state index contributed by atoms with van der Waals surface area (Å²) in [5, 5.41) is 4.90. The second-order valence-electron chi connectivity index (χ2n) is 8.54. The van der Waals surface area contributed by atoms with Crippen molar-refractivity contribution in [2.75, 3.05) is 11.6 Å². The summed E-state index contributed by atoms with van der Waals surface area (Å²) in [6.07, 6.45) is -0.436. The fourth-order valence-electron chi connectivity index (χ4n) is 3.92. The molecule has 3 aromatic carbocycles. The monoisotopic (exact) mass is 427 g/mol. The minimum absolute atomic E-state index is 0.00762. The van der Waals surface area contributed by atoms with Gasteiger partial charge in [-0.1, -0.05) is 30.3 Å². The van der Waals surface area contributed by atoms with E-state index in [0.717, 1.165) is 44.3 Å². The Morgan fingerprint density at radius 3 is 2.47 bits per heavy atom. The number of alkyl carbamates (subject to hydrolysis) is 1. The van der Waals surface area contributed by atoms with Crippen LogP contribution in [0.3, 0.4) is 0 Å². The Bertz CT molecular complexity index is 1280. The molecule has 0 aliphatic carbocycles. The van der Waals surface area contributed by atoms with Crippen molar-refractivity contribution in [3.8, 4) is 0 Å². The number of carbonyl (C=O) groups excluding carboxylic acids is 1. The van der Waals surface area contributed by atoms with E-state index in [1.165, 1.54) is 5.56 Å². The van der Waals surface area contributed by atoms with Crippen LogP contribution in [0.15, 0.2) is 60.7 Å². The van der Waals surface area contributed by atoms with E-state index in [0.29, 0.717) is 0 Å². The first-order valence-electron chi connectivity index (χ1n) is 10.9. The first-order chi connectivity index (χ1) is 15.3. The molecule has 0 radical (unpaired) electrons. The Morgan fingerprint density at radius 1 is 1.00 bits per heavy atom. The Labute approximate surface area is 189 Å². The molecule has 0 aliphatic heterocycles. The number of fused-ring (bicyclic) bond motifs is 2. The molecule has 164 valence electrons. The average Bonchev–Trinajstić information content (AvgIpc) is 2.75. The lowest BCUT2D eigenvalue weighted by Gasteiger charge is -2.28. The number of nitrogens with zero attached hydrogens (tertiary/aromatic N) is 2. The van der Waals surface area contributed by atoms with Gasteiger partial charge in [-0.05, 0) is 81.6 Å². The van der Waals surface area contributed by atoms with Crippen LogP contribution in [0.5, 0.6) is 0 Å². The van der Waals surface area contributed by atoms with E-state index in [9.17, 15) is 4.79 Å². The molecule has 0 unspecified atom stereocenters. The average molecular weight is 428 g/mol. The van der Waals surface area contributed by atoms with Gasteiger partial charge < -0.3 is 15.0 Å². The van der Waals surface area contributed by atoms with Crippen molar-refractivity contribution >= 4 is 39.3 Å². The maximum atomic E-state index is 12.3. The third-order valence-electron chi connectivity index (χ3n) is 5.63. The molecule has 0 saturated carbocycles. The predicted octanol–water partition coefficient (Wildman–Crippen LogP) is 6.54. The van der Waals surface area contributed by atoms with Gasteiger partial charge in [0.05, 0.1) is 16.7 Å².